The number of likely N-dealkylation sites (N-methyl/N-ethyl adjacent to an activating group) is 1. The van der Waals surface area contributed by atoms with E-state index in [0.29, 0.717) is 11.3 Å². The fourth-order valence-electron chi connectivity index (χ4n) is 3.33. The Kier molecular flexibility index (Phi) is 5.87. The predicted octanol–water partition coefficient (Wildman–Crippen LogP) is 3.08. The van der Waals surface area contributed by atoms with Gasteiger partial charge in [0.25, 0.3) is 5.56 Å². The topological polar surface area (TPSA) is 59.3 Å². The minimum atomic E-state index is -0.619. The van der Waals surface area contributed by atoms with E-state index in [2.05, 4.69) is 5.32 Å². The van der Waals surface area contributed by atoms with E-state index in [9.17, 15) is 14.0 Å². The molecule has 6 nitrogen and oxygen atoms in total. The van der Waals surface area contributed by atoms with Crippen molar-refractivity contribution in [1.29, 1.82) is 0 Å². The van der Waals surface area contributed by atoms with E-state index in [0.717, 1.165) is 11.4 Å². The molecule has 29 heavy (non-hydrogen) atoms. The zero-order valence-corrected chi connectivity index (χ0v) is 17.0. The molecule has 7 heteroatoms. The minimum absolute atomic E-state index is 0.192. The number of nitrogens with one attached hydrogen (secondary N) is 1. The number of carbonyl (C=O) groups excluding carboxylic acids is 1. The van der Waals surface area contributed by atoms with E-state index in [-0.39, 0.29) is 23.8 Å². The molecule has 152 valence electrons. The first-order valence-corrected chi connectivity index (χ1v) is 9.39. The number of nitrogens with zero attached hydrogens (tertiary/aromatic N) is 3. The van der Waals surface area contributed by atoms with E-state index in [1.165, 1.54) is 17.0 Å². The Morgan fingerprint density at radius 3 is 2.52 bits per heavy atom. The standard InChI is InChI=1S/C22H25FN4O2/c1-15(21(28)25(3)14-17-9-8-10-18(23)13-17)24-20-16(2)26(4)27(22(20)29)19-11-6-5-7-12-19/h5-13,15,24H,14H2,1-4H3. The monoisotopic (exact) mass is 396 g/mol. The van der Waals surface area contributed by atoms with E-state index in [1.54, 1.807) is 42.5 Å². The first-order valence-electron chi connectivity index (χ1n) is 9.39. The molecule has 0 fully saturated rings. The van der Waals surface area contributed by atoms with E-state index in [1.807, 2.05) is 37.3 Å². The summed E-state index contributed by atoms with van der Waals surface area (Å²) in [7, 11) is 3.46. The van der Waals surface area contributed by atoms with Gasteiger partial charge in [0.1, 0.15) is 17.5 Å². The average molecular weight is 396 g/mol. The van der Waals surface area contributed by atoms with Gasteiger partial charge in [-0.2, -0.15) is 0 Å². The molecule has 0 aliphatic heterocycles. The third kappa shape index (κ3) is 4.23. The number of amides is 1. The Balaban J connectivity index is 1.79. The fraction of sp³-hybridized carbons (Fsp3) is 0.273. The molecule has 1 aromatic heterocycles. The van der Waals surface area contributed by atoms with Gasteiger partial charge in [0.2, 0.25) is 5.91 Å². The molecule has 0 aliphatic rings. The van der Waals surface area contributed by atoms with Gasteiger partial charge in [-0.15, -0.1) is 0 Å². The number of aromatic nitrogens is 2. The molecule has 3 aromatic rings. The number of para-hydroxylation sites is 1. The van der Waals surface area contributed by atoms with Crippen LogP contribution in [-0.4, -0.2) is 33.3 Å². The Morgan fingerprint density at radius 1 is 1.17 bits per heavy atom. The van der Waals surface area contributed by atoms with Gasteiger partial charge >= 0.3 is 0 Å². The predicted molar refractivity (Wildman–Crippen MR) is 112 cm³/mol. The van der Waals surface area contributed by atoms with Gasteiger partial charge in [0.05, 0.1) is 11.4 Å². The molecule has 0 aliphatic carbocycles. The third-order valence-electron chi connectivity index (χ3n) is 4.97. The number of hydrogen-bond donors (Lipinski definition) is 1. The van der Waals surface area contributed by atoms with Gasteiger partial charge in [0.15, 0.2) is 0 Å². The molecular formula is C22H25FN4O2. The lowest BCUT2D eigenvalue weighted by Gasteiger charge is -2.22. The van der Waals surface area contributed by atoms with E-state index in [4.69, 9.17) is 0 Å². The maximum atomic E-state index is 13.4. The first-order chi connectivity index (χ1) is 13.8. The van der Waals surface area contributed by atoms with Crippen LogP contribution in [0.15, 0.2) is 59.4 Å². The van der Waals surface area contributed by atoms with Gasteiger partial charge < -0.3 is 10.2 Å². The number of hydrogen-bond acceptors (Lipinski definition) is 3. The maximum Gasteiger partial charge on any atom is 0.295 e. The molecule has 0 radical (unpaired) electrons. The summed E-state index contributed by atoms with van der Waals surface area (Å²) >= 11 is 0. The number of halogens is 1. The summed E-state index contributed by atoms with van der Waals surface area (Å²) in [5.41, 5.74) is 2.35. The second-order valence-electron chi connectivity index (χ2n) is 7.13. The van der Waals surface area contributed by atoms with Crippen LogP contribution in [0.4, 0.5) is 10.1 Å². The van der Waals surface area contributed by atoms with Crippen LogP contribution in [0.5, 0.6) is 0 Å². The van der Waals surface area contributed by atoms with Gasteiger partial charge in [0, 0.05) is 20.6 Å². The SMILES string of the molecule is Cc1c(NC(C)C(=O)N(C)Cc2cccc(F)c2)c(=O)n(-c2ccccc2)n1C. The highest BCUT2D eigenvalue weighted by molar-refractivity contribution is 5.84. The molecule has 1 heterocycles. The van der Waals surface area contributed by atoms with E-state index >= 15 is 0 Å². The highest BCUT2D eigenvalue weighted by Crippen LogP contribution is 2.16. The summed E-state index contributed by atoms with van der Waals surface area (Å²) in [6.45, 7) is 3.82. The van der Waals surface area contributed by atoms with Crippen molar-refractivity contribution in [3.8, 4) is 5.69 Å². The van der Waals surface area contributed by atoms with Crippen LogP contribution >= 0.6 is 0 Å². The first kappa shape index (κ1) is 20.4. The molecule has 1 atom stereocenters. The molecular weight excluding hydrogens is 371 g/mol. The Morgan fingerprint density at radius 2 is 1.86 bits per heavy atom. The van der Waals surface area contributed by atoms with Crippen molar-refractivity contribution >= 4 is 11.6 Å². The number of benzene rings is 2. The van der Waals surface area contributed by atoms with Crippen molar-refractivity contribution in [3.05, 3.63) is 82.0 Å². The van der Waals surface area contributed by atoms with Crippen LogP contribution in [0.2, 0.25) is 0 Å². The highest BCUT2D eigenvalue weighted by atomic mass is 19.1. The molecule has 1 N–H and O–H groups in total. The van der Waals surface area contributed by atoms with Gasteiger partial charge in [-0.05, 0) is 43.7 Å². The molecule has 2 aromatic carbocycles. The highest BCUT2D eigenvalue weighted by Gasteiger charge is 2.22. The summed E-state index contributed by atoms with van der Waals surface area (Å²) in [6, 6.07) is 14.9. The van der Waals surface area contributed by atoms with Crippen LogP contribution in [0.1, 0.15) is 18.2 Å². The average Bonchev–Trinajstić information content (AvgIpc) is 2.91. The van der Waals surface area contributed by atoms with Crippen molar-refractivity contribution in [1.82, 2.24) is 14.3 Å². The molecule has 0 saturated heterocycles. The second-order valence-corrected chi connectivity index (χ2v) is 7.13. The lowest BCUT2D eigenvalue weighted by molar-refractivity contribution is -0.130. The maximum absolute atomic E-state index is 13.4. The third-order valence-corrected chi connectivity index (χ3v) is 4.97. The van der Waals surface area contributed by atoms with Gasteiger partial charge in [-0.25, -0.2) is 9.07 Å². The number of carbonyl (C=O) groups is 1. The normalized spacial score (nSPS) is 11.9. The van der Waals surface area contributed by atoms with Crippen molar-refractivity contribution in [2.45, 2.75) is 26.4 Å². The number of anilines is 1. The van der Waals surface area contributed by atoms with Crippen LogP contribution in [-0.2, 0) is 18.4 Å². The second kappa shape index (κ2) is 8.34. The van der Waals surface area contributed by atoms with Gasteiger partial charge in [-0.3, -0.25) is 14.3 Å². The molecule has 0 saturated carbocycles. The summed E-state index contributed by atoms with van der Waals surface area (Å²) in [5.74, 6) is -0.529. The van der Waals surface area contributed by atoms with Crippen molar-refractivity contribution in [3.63, 3.8) is 0 Å². The summed E-state index contributed by atoms with van der Waals surface area (Å²) in [6.07, 6.45) is 0. The summed E-state index contributed by atoms with van der Waals surface area (Å²) in [5, 5.41) is 3.07. The van der Waals surface area contributed by atoms with Crippen LogP contribution < -0.4 is 10.9 Å². The Bertz CT molecular complexity index is 1070. The lowest BCUT2D eigenvalue weighted by atomic mass is 10.2. The quantitative estimate of drug-likeness (QED) is 0.697. The molecule has 0 spiro atoms. The Hall–Kier alpha value is -3.35. The van der Waals surface area contributed by atoms with Crippen molar-refractivity contribution in [2.75, 3.05) is 12.4 Å². The zero-order valence-electron chi connectivity index (χ0n) is 17.0. The smallest absolute Gasteiger partial charge is 0.295 e. The minimum Gasteiger partial charge on any atom is -0.368 e. The molecule has 1 unspecified atom stereocenters. The van der Waals surface area contributed by atoms with E-state index < -0.39 is 6.04 Å². The lowest BCUT2D eigenvalue weighted by Crippen LogP contribution is -2.39. The summed E-state index contributed by atoms with van der Waals surface area (Å²) < 4.78 is 16.7. The summed E-state index contributed by atoms with van der Waals surface area (Å²) in [4.78, 5) is 27.3. The number of rotatable bonds is 6. The van der Waals surface area contributed by atoms with Crippen LogP contribution in [0.3, 0.4) is 0 Å². The fourth-order valence-corrected chi connectivity index (χ4v) is 3.33. The van der Waals surface area contributed by atoms with Gasteiger partial charge in [-0.1, -0.05) is 30.3 Å². The molecule has 0 bridgehead atoms. The Labute approximate surface area is 169 Å². The van der Waals surface area contributed by atoms with Crippen LogP contribution in [0, 0.1) is 12.7 Å². The molecule has 1 amide bonds. The van der Waals surface area contributed by atoms with Crippen LogP contribution in [0.25, 0.3) is 5.69 Å². The van der Waals surface area contributed by atoms with Crippen molar-refractivity contribution in [2.24, 2.45) is 7.05 Å². The molecule has 3 rings (SSSR count). The zero-order chi connectivity index (χ0) is 21.1. The van der Waals surface area contributed by atoms with Crippen molar-refractivity contribution < 1.29 is 9.18 Å². The largest absolute Gasteiger partial charge is 0.368 e.